The van der Waals surface area contributed by atoms with Gasteiger partial charge in [0.1, 0.15) is 11.4 Å². The Balaban J connectivity index is 2.60. The fraction of sp³-hybridized carbons (Fsp3) is 0.0909. The summed E-state index contributed by atoms with van der Waals surface area (Å²) in [7, 11) is 1.27. The van der Waals surface area contributed by atoms with Gasteiger partial charge in [-0.2, -0.15) is 0 Å². The normalized spacial score (nSPS) is 10.5. The lowest BCUT2D eigenvalue weighted by Gasteiger charge is -2.03. The summed E-state index contributed by atoms with van der Waals surface area (Å²) in [6.07, 6.45) is 0. The van der Waals surface area contributed by atoms with Gasteiger partial charge >= 0.3 is 0 Å². The number of fused-ring (bicyclic) bond motifs is 1. The number of benzene rings is 1. The van der Waals surface area contributed by atoms with E-state index in [0.29, 0.717) is 10.9 Å². The third-order valence-corrected chi connectivity index (χ3v) is 2.25. The number of carbonyl (C=O) groups excluding carboxylic acids is 1. The second-order valence-electron chi connectivity index (χ2n) is 3.38. The van der Waals surface area contributed by atoms with Crippen LogP contribution in [-0.2, 0) is 4.84 Å². The number of H-pyrrole nitrogens is 1. The maximum atomic E-state index is 12.9. The van der Waals surface area contributed by atoms with Crippen molar-refractivity contribution in [1.82, 2.24) is 10.5 Å². The second-order valence-corrected chi connectivity index (χ2v) is 3.38. The first-order valence-corrected chi connectivity index (χ1v) is 4.77. The highest BCUT2D eigenvalue weighted by Gasteiger charge is 2.11. The van der Waals surface area contributed by atoms with Crippen molar-refractivity contribution < 1.29 is 14.0 Å². The molecule has 0 radical (unpaired) electrons. The number of halogens is 1. The summed E-state index contributed by atoms with van der Waals surface area (Å²) < 4.78 is 12.9. The molecule has 0 spiro atoms. The minimum Gasteiger partial charge on any atom is -0.321 e. The molecule has 1 aromatic heterocycles. The molecule has 2 rings (SSSR count). The molecule has 0 unspecified atom stereocenters. The van der Waals surface area contributed by atoms with Gasteiger partial charge in [-0.05, 0) is 29.7 Å². The quantitative estimate of drug-likeness (QED) is 0.763. The first-order chi connectivity index (χ1) is 8.11. The Morgan fingerprint density at radius 3 is 2.88 bits per heavy atom. The second kappa shape index (κ2) is 4.34. The van der Waals surface area contributed by atoms with Gasteiger partial charge in [0, 0.05) is 0 Å². The van der Waals surface area contributed by atoms with Crippen molar-refractivity contribution in [2.45, 2.75) is 0 Å². The van der Waals surface area contributed by atoms with Crippen LogP contribution in [0, 0.1) is 5.82 Å². The lowest BCUT2D eigenvalue weighted by atomic mass is 10.1. The van der Waals surface area contributed by atoms with E-state index >= 15 is 0 Å². The van der Waals surface area contributed by atoms with Gasteiger partial charge in [-0.15, -0.1) is 0 Å². The van der Waals surface area contributed by atoms with Gasteiger partial charge in [-0.25, -0.2) is 9.87 Å². The third-order valence-electron chi connectivity index (χ3n) is 2.25. The molecule has 1 heterocycles. The van der Waals surface area contributed by atoms with Crippen LogP contribution >= 0.6 is 0 Å². The molecule has 88 valence electrons. The number of pyridine rings is 1. The van der Waals surface area contributed by atoms with Gasteiger partial charge in [-0.3, -0.25) is 14.4 Å². The minimum atomic E-state index is -0.653. The average Bonchev–Trinajstić information content (AvgIpc) is 2.28. The molecule has 2 N–H and O–H groups in total. The summed E-state index contributed by atoms with van der Waals surface area (Å²) >= 11 is 0. The molecular weight excluding hydrogens is 227 g/mol. The Morgan fingerprint density at radius 1 is 1.41 bits per heavy atom. The van der Waals surface area contributed by atoms with Crippen molar-refractivity contribution in [3.63, 3.8) is 0 Å². The van der Waals surface area contributed by atoms with Gasteiger partial charge in [0.2, 0.25) is 0 Å². The molecule has 0 saturated heterocycles. The molecule has 0 fully saturated rings. The van der Waals surface area contributed by atoms with Crippen LogP contribution in [0.15, 0.2) is 29.1 Å². The zero-order valence-corrected chi connectivity index (χ0v) is 8.91. The standard InChI is InChI=1S/C11H9FN2O3/c1-17-14-11(16)8-4-6-2-3-7(12)5-9(6)13-10(8)15/h2-5H,1H3,(H,13,15)(H,14,16). The molecule has 0 aliphatic heterocycles. The molecule has 0 aliphatic rings. The van der Waals surface area contributed by atoms with E-state index in [9.17, 15) is 14.0 Å². The Kier molecular flexibility index (Phi) is 2.88. The number of aromatic amines is 1. The van der Waals surface area contributed by atoms with Crippen molar-refractivity contribution in [3.05, 3.63) is 46.0 Å². The molecule has 5 nitrogen and oxygen atoms in total. The van der Waals surface area contributed by atoms with E-state index in [4.69, 9.17) is 0 Å². The number of hydroxylamine groups is 1. The zero-order valence-electron chi connectivity index (χ0n) is 8.91. The molecule has 0 aliphatic carbocycles. The van der Waals surface area contributed by atoms with Gasteiger partial charge in [0.25, 0.3) is 11.5 Å². The average molecular weight is 236 g/mol. The van der Waals surface area contributed by atoms with Crippen molar-refractivity contribution in [1.29, 1.82) is 0 Å². The highest BCUT2D eigenvalue weighted by molar-refractivity contribution is 5.96. The molecule has 1 aromatic carbocycles. The molecular formula is C11H9FN2O3. The molecule has 0 bridgehead atoms. The van der Waals surface area contributed by atoms with Gasteiger partial charge in [0.05, 0.1) is 12.6 Å². The molecule has 0 atom stereocenters. The summed E-state index contributed by atoms with van der Waals surface area (Å²) in [5.41, 5.74) is 1.69. The van der Waals surface area contributed by atoms with Gasteiger partial charge in [-0.1, -0.05) is 0 Å². The molecule has 2 aromatic rings. The maximum absolute atomic E-state index is 12.9. The van der Waals surface area contributed by atoms with Crippen molar-refractivity contribution >= 4 is 16.8 Å². The lowest BCUT2D eigenvalue weighted by Crippen LogP contribution is -2.28. The van der Waals surface area contributed by atoms with E-state index in [0.717, 1.165) is 0 Å². The van der Waals surface area contributed by atoms with Crippen LogP contribution in [0.4, 0.5) is 4.39 Å². The van der Waals surface area contributed by atoms with Gasteiger partial charge in [0.15, 0.2) is 0 Å². The Morgan fingerprint density at radius 2 is 2.18 bits per heavy atom. The van der Waals surface area contributed by atoms with E-state index in [1.807, 2.05) is 5.48 Å². The van der Waals surface area contributed by atoms with Crippen LogP contribution in [0.3, 0.4) is 0 Å². The molecule has 0 saturated carbocycles. The van der Waals surface area contributed by atoms with Crippen molar-refractivity contribution in [2.24, 2.45) is 0 Å². The van der Waals surface area contributed by atoms with E-state index in [2.05, 4.69) is 9.82 Å². The Bertz CT molecular complexity index is 636. The minimum absolute atomic E-state index is 0.0917. The third kappa shape index (κ3) is 2.16. The smallest absolute Gasteiger partial charge is 0.280 e. The largest absolute Gasteiger partial charge is 0.321 e. The fourth-order valence-corrected chi connectivity index (χ4v) is 1.49. The summed E-state index contributed by atoms with van der Waals surface area (Å²) in [5, 5.41) is 0.562. The monoisotopic (exact) mass is 236 g/mol. The first kappa shape index (κ1) is 11.3. The number of carbonyl (C=O) groups is 1. The number of hydrogen-bond donors (Lipinski definition) is 2. The highest BCUT2D eigenvalue weighted by atomic mass is 19.1. The zero-order chi connectivity index (χ0) is 12.4. The Labute approximate surface area is 95.2 Å². The topological polar surface area (TPSA) is 71.2 Å². The van der Waals surface area contributed by atoms with Crippen LogP contribution in [-0.4, -0.2) is 18.0 Å². The number of nitrogens with one attached hydrogen (secondary N) is 2. The lowest BCUT2D eigenvalue weighted by molar-refractivity contribution is 0.0536. The number of aromatic nitrogens is 1. The molecule has 1 amide bonds. The van der Waals surface area contributed by atoms with E-state index in [-0.39, 0.29) is 5.56 Å². The maximum Gasteiger partial charge on any atom is 0.280 e. The predicted octanol–water partition coefficient (Wildman–Crippen LogP) is 0.958. The summed E-state index contributed by atoms with van der Waals surface area (Å²) in [4.78, 5) is 29.9. The van der Waals surface area contributed by atoms with Gasteiger partial charge < -0.3 is 4.98 Å². The van der Waals surface area contributed by atoms with Crippen LogP contribution in [0.2, 0.25) is 0 Å². The summed E-state index contributed by atoms with van der Waals surface area (Å²) in [6.45, 7) is 0. The summed E-state index contributed by atoms with van der Waals surface area (Å²) in [5.74, 6) is -1.11. The summed E-state index contributed by atoms with van der Waals surface area (Å²) in [6, 6.07) is 5.29. The van der Waals surface area contributed by atoms with E-state index in [1.54, 1.807) is 0 Å². The Hall–Kier alpha value is -2.21. The number of hydrogen-bond acceptors (Lipinski definition) is 3. The van der Waals surface area contributed by atoms with Crippen LogP contribution in [0.25, 0.3) is 10.9 Å². The van der Waals surface area contributed by atoms with Crippen LogP contribution in [0.5, 0.6) is 0 Å². The fourth-order valence-electron chi connectivity index (χ4n) is 1.49. The first-order valence-electron chi connectivity index (χ1n) is 4.77. The SMILES string of the molecule is CONC(=O)c1cc2ccc(F)cc2[nH]c1=O. The van der Waals surface area contributed by atoms with Crippen LogP contribution in [0.1, 0.15) is 10.4 Å². The van der Waals surface area contributed by atoms with Crippen molar-refractivity contribution in [3.8, 4) is 0 Å². The number of rotatable bonds is 2. The highest BCUT2D eigenvalue weighted by Crippen LogP contribution is 2.12. The van der Waals surface area contributed by atoms with E-state index < -0.39 is 17.3 Å². The van der Waals surface area contributed by atoms with Crippen molar-refractivity contribution in [2.75, 3.05) is 7.11 Å². The molecule has 17 heavy (non-hydrogen) atoms. The predicted molar refractivity (Wildman–Crippen MR) is 59.0 cm³/mol. The van der Waals surface area contributed by atoms with E-state index in [1.165, 1.54) is 31.4 Å². The molecule has 6 heteroatoms. The number of amides is 1. The van der Waals surface area contributed by atoms with Crippen LogP contribution < -0.4 is 11.0 Å².